The maximum atomic E-state index is 9.69. The molecule has 4 nitrogen and oxygen atoms in total. The van der Waals surface area contributed by atoms with Crippen molar-refractivity contribution in [3.63, 3.8) is 0 Å². The van der Waals surface area contributed by atoms with Gasteiger partial charge in [-0.15, -0.1) is 11.3 Å². The van der Waals surface area contributed by atoms with Crippen LogP contribution in [0.5, 0.6) is 0 Å². The molecule has 0 amide bonds. The Bertz CT molecular complexity index is 417. The first-order valence-corrected chi connectivity index (χ1v) is 8.05. The first kappa shape index (κ1) is 13.5. The lowest BCUT2D eigenvalue weighted by Crippen LogP contribution is -2.31. The molecular weight excluding hydrogens is 260 g/mol. The maximum absolute atomic E-state index is 9.69. The van der Waals surface area contributed by atoms with Gasteiger partial charge in [0.2, 0.25) is 0 Å². The van der Waals surface area contributed by atoms with Gasteiger partial charge in [0.15, 0.2) is 0 Å². The highest BCUT2D eigenvalue weighted by Crippen LogP contribution is 2.36. The molecule has 0 bridgehead atoms. The topological polar surface area (TPSA) is 56.6 Å². The fourth-order valence-electron chi connectivity index (χ4n) is 3.30. The number of aliphatic hydroxyl groups excluding tert-OH is 2. The summed E-state index contributed by atoms with van der Waals surface area (Å²) in [5.74, 6) is 0.677. The first-order valence-electron chi connectivity index (χ1n) is 7.24. The highest BCUT2D eigenvalue weighted by Gasteiger charge is 2.30. The van der Waals surface area contributed by atoms with Crippen LogP contribution in [0.4, 0.5) is 0 Å². The minimum Gasteiger partial charge on any atom is -0.395 e. The Kier molecular flexibility index (Phi) is 4.17. The van der Waals surface area contributed by atoms with Gasteiger partial charge < -0.3 is 10.2 Å². The van der Waals surface area contributed by atoms with Crippen LogP contribution in [0.3, 0.4) is 0 Å². The zero-order valence-corrected chi connectivity index (χ0v) is 12.0. The number of hydrogen-bond donors (Lipinski definition) is 2. The molecule has 2 aliphatic rings. The van der Waals surface area contributed by atoms with Gasteiger partial charge in [-0.05, 0) is 19.3 Å². The Hall–Kier alpha value is -0.490. The molecule has 1 saturated carbocycles. The molecule has 1 aliphatic heterocycles. The summed E-state index contributed by atoms with van der Waals surface area (Å²) in [5.41, 5.74) is 0. The van der Waals surface area contributed by atoms with Gasteiger partial charge in [-0.3, -0.25) is 4.90 Å². The Morgan fingerprint density at radius 3 is 2.89 bits per heavy atom. The van der Waals surface area contributed by atoms with E-state index in [0.29, 0.717) is 18.9 Å². The van der Waals surface area contributed by atoms with Crippen molar-refractivity contribution in [3.05, 3.63) is 16.1 Å². The Morgan fingerprint density at radius 2 is 2.16 bits per heavy atom. The van der Waals surface area contributed by atoms with Gasteiger partial charge in [-0.2, -0.15) is 0 Å². The number of aliphatic hydroxyl groups is 2. The second kappa shape index (κ2) is 5.87. The SMILES string of the molecule is OC[C@@H]1C[C@H](O)CN1Cc1cnc(C2CCCC2)s1. The van der Waals surface area contributed by atoms with Gasteiger partial charge in [0.25, 0.3) is 0 Å². The highest BCUT2D eigenvalue weighted by molar-refractivity contribution is 7.11. The van der Waals surface area contributed by atoms with E-state index in [0.717, 1.165) is 6.54 Å². The third-order valence-electron chi connectivity index (χ3n) is 4.35. The normalized spacial score (nSPS) is 29.4. The molecule has 0 aromatic carbocycles. The number of thiazole rings is 1. The molecule has 106 valence electrons. The van der Waals surface area contributed by atoms with E-state index in [4.69, 9.17) is 0 Å². The predicted octanol–water partition coefficient (Wildman–Crippen LogP) is 1.73. The van der Waals surface area contributed by atoms with Crippen LogP contribution >= 0.6 is 11.3 Å². The Labute approximate surface area is 118 Å². The summed E-state index contributed by atoms with van der Waals surface area (Å²) < 4.78 is 0. The largest absolute Gasteiger partial charge is 0.395 e. The van der Waals surface area contributed by atoms with Crippen molar-refractivity contribution >= 4 is 11.3 Å². The standard InChI is InChI=1S/C14H22N2O2S/c17-9-11-5-12(18)7-16(11)8-13-6-15-14(19-13)10-3-1-2-4-10/h6,10-12,17-18H,1-5,7-9H2/t11-,12-/m0/s1. The molecule has 1 aliphatic carbocycles. The van der Waals surface area contributed by atoms with Crippen molar-refractivity contribution in [2.24, 2.45) is 0 Å². The van der Waals surface area contributed by atoms with E-state index >= 15 is 0 Å². The lowest BCUT2D eigenvalue weighted by atomic mass is 10.1. The third-order valence-corrected chi connectivity index (χ3v) is 5.50. The van der Waals surface area contributed by atoms with Crippen molar-refractivity contribution in [1.29, 1.82) is 0 Å². The Morgan fingerprint density at radius 1 is 1.37 bits per heavy atom. The molecule has 2 N–H and O–H groups in total. The fraction of sp³-hybridized carbons (Fsp3) is 0.786. The van der Waals surface area contributed by atoms with E-state index in [2.05, 4.69) is 9.88 Å². The average molecular weight is 282 g/mol. The minimum absolute atomic E-state index is 0.104. The predicted molar refractivity (Wildman–Crippen MR) is 75.2 cm³/mol. The monoisotopic (exact) mass is 282 g/mol. The number of nitrogens with zero attached hydrogens (tertiary/aromatic N) is 2. The van der Waals surface area contributed by atoms with Crippen LogP contribution in [0.1, 0.15) is 47.9 Å². The number of β-amino-alcohol motifs (C(OH)–C–C–N with tert-alkyl or cyclic N) is 1. The molecule has 0 unspecified atom stereocenters. The summed E-state index contributed by atoms with van der Waals surface area (Å²) in [7, 11) is 0. The van der Waals surface area contributed by atoms with Crippen LogP contribution < -0.4 is 0 Å². The number of likely N-dealkylation sites (tertiary alicyclic amines) is 1. The molecule has 1 aromatic rings. The van der Waals surface area contributed by atoms with Gasteiger partial charge in [-0.1, -0.05) is 12.8 Å². The second-order valence-electron chi connectivity index (χ2n) is 5.80. The highest BCUT2D eigenvalue weighted by atomic mass is 32.1. The smallest absolute Gasteiger partial charge is 0.0959 e. The fourth-order valence-corrected chi connectivity index (χ4v) is 4.41. The van der Waals surface area contributed by atoms with Crippen molar-refractivity contribution in [2.75, 3.05) is 13.2 Å². The van der Waals surface area contributed by atoms with E-state index in [-0.39, 0.29) is 18.8 Å². The summed E-state index contributed by atoms with van der Waals surface area (Å²) >= 11 is 1.81. The Balaban J connectivity index is 1.63. The van der Waals surface area contributed by atoms with Crippen LogP contribution in [-0.4, -0.2) is 45.4 Å². The maximum Gasteiger partial charge on any atom is 0.0959 e. The molecule has 1 saturated heterocycles. The minimum atomic E-state index is -0.292. The molecule has 0 radical (unpaired) electrons. The van der Waals surface area contributed by atoms with Crippen LogP contribution in [-0.2, 0) is 6.54 Å². The van der Waals surface area contributed by atoms with Crippen molar-refractivity contribution < 1.29 is 10.2 Å². The lowest BCUT2D eigenvalue weighted by molar-refractivity contribution is 0.151. The third kappa shape index (κ3) is 2.99. The number of hydrogen-bond acceptors (Lipinski definition) is 5. The molecule has 19 heavy (non-hydrogen) atoms. The van der Waals surface area contributed by atoms with E-state index in [1.165, 1.54) is 35.6 Å². The molecule has 0 spiro atoms. The summed E-state index contributed by atoms with van der Waals surface area (Å²) in [6, 6.07) is 0.104. The first-order chi connectivity index (χ1) is 9.26. The van der Waals surface area contributed by atoms with Crippen LogP contribution in [0.15, 0.2) is 6.20 Å². The lowest BCUT2D eigenvalue weighted by Gasteiger charge is -2.21. The zero-order chi connectivity index (χ0) is 13.2. The van der Waals surface area contributed by atoms with E-state index in [1.807, 2.05) is 17.5 Å². The molecule has 3 rings (SSSR count). The molecule has 1 aromatic heterocycles. The van der Waals surface area contributed by atoms with Crippen LogP contribution in [0.2, 0.25) is 0 Å². The summed E-state index contributed by atoms with van der Waals surface area (Å²) in [6.45, 7) is 1.61. The van der Waals surface area contributed by atoms with Gasteiger partial charge in [-0.25, -0.2) is 4.98 Å². The van der Waals surface area contributed by atoms with E-state index in [9.17, 15) is 10.2 Å². The zero-order valence-electron chi connectivity index (χ0n) is 11.2. The van der Waals surface area contributed by atoms with Gasteiger partial charge in [0.05, 0.1) is 17.7 Å². The quantitative estimate of drug-likeness (QED) is 0.883. The second-order valence-corrected chi connectivity index (χ2v) is 6.95. The van der Waals surface area contributed by atoms with Gasteiger partial charge >= 0.3 is 0 Å². The van der Waals surface area contributed by atoms with Crippen molar-refractivity contribution in [1.82, 2.24) is 9.88 Å². The number of rotatable bonds is 4. The van der Waals surface area contributed by atoms with Crippen LogP contribution in [0, 0.1) is 0 Å². The van der Waals surface area contributed by atoms with Crippen molar-refractivity contribution in [3.8, 4) is 0 Å². The van der Waals surface area contributed by atoms with Crippen molar-refractivity contribution in [2.45, 2.75) is 56.7 Å². The van der Waals surface area contributed by atoms with Crippen LogP contribution in [0.25, 0.3) is 0 Å². The summed E-state index contributed by atoms with van der Waals surface area (Å²) in [5, 5.41) is 20.3. The molecular formula is C14H22N2O2S. The summed E-state index contributed by atoms with van der Waals surface area (Å²) in [6.07, 6.45) is 7.62. The number of aromatic nitrogens is 1. The van der Waals surface area contributed by atoms with E-state index < -0.39 is 0 Å². The summed E-state index contributed by atoms with van der Waals surface area (Å²) in [4.78, 5) is 8.01. The molecule has 5 heteroatoms. The van der Waals surface area contributed by atoms with E-state index in [1.54, 1.807) is 0 Å². The molecule has 2 heterocycles. The molecule has 2 fully saturated rings. The van der Waals surface area contributed by atoms with Gasteiger partial charge in [0, 0.05) is 36.1 Å². The van der Waals surface area contributed by atoms with Gasteiger partial charge in [0.1, 0.15) is 0 Å². The molecule has 2 atom stereocenters. The average Bonchev–Trinajstić information content (AvgIpc) is 3.09.